The summed E-state index contributed by atoms with van der Waals surface area (Å²) in [6, 6.07) is 11.9. The van der Waals surface area contributed by atoms with Crippen molar-refractivity contribution in [3.05, 3.63) is 58.4 Å². The first-order chi connectivity index (χ1) is 10.0. The van der Waals surface area contributed by atoms with E-state index in [0.717, 1.165) is 28.2 Å². The minimum atomic E-state index is 0.437. The Balaban J connectivity index is 1.86. The number of benzene rings is 2. The third-order valence-electron chi connectivity index (χ3n) is 3.62. The number of ether oxygens (including phenoxy) is 1. The van der Waals surface area contributed by atoms with Gasteiger partial charge in [-0.3, -0.25) is 0 Å². The summed E-state index contributed by atoms with van der Waals surface area (Å²) in [5.74, 6) is 1.78. The van der Waals surface area contributed by atoms with Gasteiger partial charge in [0.15, 0.2) is 0 Å². The van der Waals surface area contributed by atoms with Crippen LogP contribution in [0.2, 0.25) is 5.02 Å². The van der Waals surface area contributed by atoms with Crippen molar-refractivity contribution in [3.63, 3.8) is 0 Å². The summed E-state index contributed by atoms with van der Waals surface area (Å²) < 4.78 is 7.92. The van der Waals surface area contributed by atoms with Crippen LogP contribution >= 0.6 is 11.6 Å². The van der Waals surface area contributed by atoms with E-state index in [1.165, 1.54) is 5.56 Å². The molecule has 0 bridgehead atoms. The van der Waals surface area contributed by atoms with Gasteiger partial charge in [-0.15, -0.1) is 0 Å². The molecule has 4 heteroatoms. The normalized spacial score (nSPS) is 11.0. The molecule has 3 nitrogen and oxygen atoms in total. The summed E-state index contributed by atoms with van der Waals surface area (Å²) in [6.07, 6.45) is 0. The van der Waals surface area contributed by atoms with E-state index in [1.54, 1.807) is 0 Å². The van der Waals surface area contributed by atoms with Crippen LogP contribution in [-0.2, 0) is 13.7 Å². The molecule has 2 aromatic carbocycles. The second-order valence-electron chi connectivity index (χ2n) is 5.28. The summed E-state index contributed by atoms with van der Waals surface area (Å²) in [6.45, 7) is 4.57. The molecule has 0 fully saturated rings. The average Bonchev–Trinajstić information content (AvgIpc) is 2.75. The minimum Gasteiger partial charge on any atom is -0.485 e. The highest BCUT2D eigenvalue weighted by molar-refractivity contribution is 6.31. The van der Waals surface area contributed by atoms with Gasteiger partial charge >= 0.3 is 0 Å². The van der Waals surface area contributed by atoms with Gasteiger partial charge in [-0.1, -0.05) is 29.3 Å². The van der Waals surface area contributed by atoms with Gasteiger partial charge in [0.2, 0.25) is 0 Å². The summed E-state index contributed by atoms with van der Waals surface area (Å²) in [5, 5.41) is 0.715. The van der Waals surface area contributed by atoms with Gasteiger partial charge in [-0.25, -0.2) is 4.98 Å². The highest BCUT2D eigenvalue weighted by atomic mass is 35.5. The van der Waals surface area contributed by atoms with Crippen LogP contribution in [-0.4, -0.2) is 9.55 Å². The molecule has 0 saturated carbocycles. The number of aromatic nitrogens is 2. The molecular formula is C17H17ClN2O. The van der Waals surface area contributed by atoms with Crippen LogP contribution in [0.1, 0.15) is 17.0 Å². The first kappa shape index (κ1) is 14.0. The standard InChI is InChI=1S/C17H17ClN2O/c1-11-4-7-16(12(2)8-11)21-10-17-19-14-6-5-13(18)9-15(14)20(17)3/h4-9H,10H2,1-3H3. The average molecular weight is 301 g/mol. The molecule has 0 N–H and O–H groups in total. The highest BCUT2D eigenvalue weighted by Gasteiger charge is 2.09. The van der Waals surface area contributed by atoms with Crippen LogP contribution in [0.15, 0.2) is 36.4 Å². The van der Waals surface area contributed by atoms with Crippen LogP contribution < -0.4 is 4.74 Å². The van der Waals surface area contributed by atoms with E-state index in [2.05, 4.69) is 31.0 Å². The molecule has 1 aromatic heterocycles. The van der Waals surface area contributed by atoms with Gasteiger partial charge in [0.25, 0.3) is 0 Å². The van der Waals surface area contributed by atoms with Crippen molar-refractivity contribution in [1.29, 1.82) is 0 Å². The molecule has 0 aliphatic heterocycles. The van der Waals surface area contributed by atoms with Crippen LogP contribution in [0.4, 0.5) is 0 Å². The number of halogens is 1. The molecule has 3 rings (SSSR count). The fraction of sp³-hybridized carbons (Fsp3) is 0.235. The number of nitrogens with zero attached hydrogens (tertiary/aromatic N) is 2. The number of rotatable bonds is 3. The first-order valence-corrected chi connectivity index (χ1v) is 7.23. The predicted molar refractivity (Wildman–Crippen MR) is 86.0 cm³/mol. The molecule has 108 valence electrons. The van der Waals surface area contributed by atoms with E-state index < -0.39 is 0 Å². The van der Waals surface area contributed by atoms with Gasteiger partial charge < -0.3 is 9.30 Å². The van der Waals surface area contributed by atoms with E-state index in [9.17, 15) is 0 Å². The predicted octanol–water partition coefficient (Wildman–Crippen LogP) is 4.42. The zero-order chi connectivity index (χ0) is 15.0. The molecule has 0 amide bonds. The van der Waals surface area contributed by atoms with Crippen molar-refractivity contribution in [2.24, 2.45) is 7.05 Å². The fourth-order valence-corrected chi connectivity index (χ4v) is 2.61. The summed E-state index contributed by atoms with van der Waals surface area (Å²) >= 11 is 6.04. The van der Waals surface area contributed by atoms with Crippen molar-refractivity contribution in [1.82, 2.24) is 9.55 Å². The number of hydrogen-bond acceptors (Lipinski definition) is 2. The Bertz CT molecular complexity index is 808. The van der Waals surface area contributed by atoms with Crippen molar-refractivity contribution in [2.75, 3.05) is 0 Å². The maximum absolute atomic E-state index is 6.04. The molecule has 0 aliphatic rings. The van der Waals surface area contributed by atoms with Crippen LogP contribution in [0.25, 0.3) is 11.0 Å². The SMILES string of the molecule is Cc1ccc(OCc2nc3ccc(Cl)cc3n2C)c(C)c1. The Kier molecular flexibility index (Phi) is 3.60. The van der Waals surface area contributed by atoms with Crippen molar-refractivity contribution < 1.29 is 4.74 Å². The third-order valence-corrected chi connectivity index (χ3v) is 3.86. The van der Waals surface area contributed by atoms with Crippen molar-refractivity contribution in [3.8, 4) is 5.75 Å². The quantitative estimate of drug-likeness (QED) is 0.716. The van der Waals surface area contributed by atoms with Gasteiger partial charge in [0, 0.05) is 12.1 Å². The molecule has 21 heavy (non-hydrogen) atoms. The molecule has 1 heterocycles. The monoisotopic (exact) mass is 300 g/mol. The van der Waals surface area contributed by atoms with Crippen LogP contribution in [0.3, 0.4) is 0 Å². The maximum atomic E-state index is 6.04. The zero-order valence-corrected chi connectivity index (χ0v) is 13.1. The number of fused-ring (bicyclic) bond motifs is 1. The second kappa shape index (κ2) is 5.41. The topological polar surface area (TPSA) is 27.1 Å². The van der Waals surface area contributed by atoms with E-state index in [1.807, 2.05) is 35.9 Å². The Hall–Kier alpha value is -2.00. The minimum absolute atomic E-state index is 0.437. The second-order valence-corrected chi connectivity index (χ2v) is 5.71. The van der Waals surface area contributed by atoms with Gasteiger partial charge in [0.05, 0.1) is 11.0 Å². The lowest BCUT2D eigenvalue weighted by atomic mass is 10.1. The number of aryl methyl sites for hydroxylation is 3. The molecule has 0 radical (unpaired) electrons. The van der Waals surface area contributed by atoms with Crippen molar-refractivity contribution in [2.45, 2.75) is 20.5 Å². The molecule has 0 saturated heterocycles. The van der Waals surface area contributed by atoms with E-state index >= 15 is 0 Å². The maximum Gasteiger partial charge on any atom is 0.147 e. The van der Waals surface area contributed by atoms with E-state index in [0.29, 0.717) is 11.6 Å². The molecule has 0 aliphatic carbocycles. The first-order valence-electron chi connectivity index (χ1n) is 6.85. The Morgan fingerprint density at radius 2 is 1.95 bits per heavy atom. The lowest BCUT2D eigenvalue weighted by molar-refractivity contribution is 0.290. The van der Waals surface area contributed by atoms with Crippen LogP contribution in [0, 0.1) is 13.8 Å². The molecule has 0 atom stereocenters. The Morgan fingerprint density at radius 3 is 2.71 bits per heavy atom. The third kappa shape index (κ3) is 2.74. The molecule has 0 spiro atoms. The van der Waals surface area contributed by atoms with E-state index in [4.69, 9.17) is 16.3 Å². The summed E-state index contributed by atoms with van der Waals surface area (Å²) in [5.41, 5.74) is 4.32. The number of imidazole rings is 1. The largest absolute Gasteiger partial charge is 0.485 e. The highest BCUT2D eigenvalue weighted by Crippen LogP contribution is 2.22. The van der Waals surface area contributed by atoms with Crippen molar-refractivity contribution >= 4 is 22.6 Å². The fourth-order valence-electron chi connectivity index (χ4n) is 2.45. The Labute approximate surface area is 129 Å². The molecular weight excluding hydrogens is 284 g/mol. The van der Waals surface area contributed by atoms with Gasteiger partial charge in [-0.05, 0) is 43.7 Å². The molecule has 0 unspecified atom stereocenters. The lowest BCUT2D eigenvalue weighted by Crippen LogP contribution is -2.04. The number of hydrogen-bond donors (Lipinski definition) is 0. The van der Waals surface area contributed by atoms with Gasteiger partial charge in [0.1, 0.15) is 18.2 Å². The van der Waals surface area contributed by atoms with E-state index in [-0.39, 0.29) is 0 Å². The smallest absolute Gasteiger partial charge is 0.147 e. The summed E-state index contributed by atoms with van der Waals surface area (Å²) in [7, 11) is 1.98. The Morgan fingerprint density at radius 1 is 1.14 bits per heavy atom. The summed E-state index contributed by atoms with van der Waals surface area (Å²) in [4.78, 5) is 4.59. The van der Waals surface area contributed by atoms with Crippen LogP contribution in [0.5, 0.6) is 5.75 Å². The molecule has 3 aromatic rings. The lowest BCUT2D eigenvalue weighted by Gasteiger charge is -2.09. The zero-order valence-electron chi connectivity index (χ0n) is 12.4. The van der Waals surface area contributed by atoms with Gasteiger partial charge in [-0.2, -0.15) is 0 Å².